The predicted octanol–water partition coefficient (Wildman–Crippen LogP) is 2.52. The largest absolute Gasteiger partial charge is 0.344 e. The lowest BCUT2D eigenvalue weighted by molar-refractivity contribution is 0.578. The van der Waals surface area contributed by atoms with E-state index >= 15 is 0 Å². The molecule has 2 aliphatic rings. The first-order valence-electron chi connectivity index (χ1n) is 5.94. The molecular weight excluding hydrogens is 242 g/mol. The summed E-state index contributed by atoms with van der Waals surface area (Å²) in [6.07, 6.45) is 5.22. The highest BCUT2D eigenvalue weighted by molar-refractivity contribution is 7.14. The summed E-state index contributed by atoms with van der Waals surface area (Å²) < 4.78 is 0. The van der Waals surface area contributed by atoms with Gasteiger partial charge < -0.3 is 10.2 Å². The Kier molecular flexibility index (Phi) is 3.05. The molecule has 1 unspecified atom stereocenters. The average Bonchev–Trinajstić information content (AvgIpc) is 2.81. The maximum atomic E-state index is 5.90. The molecule has 0 bridgehead atoms. The molecule has 1 aromatic heterocycles. The standard InChI is InChI=1S/C11H16ClN3S/c12-10-7-16-11(14-10)15(9-3-4-9)6-8-2-1-5-13-8/h7-9,13H,1-6H2. The molecule has 0 aromatic carbocycles. The Morgan fingerprint density at radius 2 is 2.38 bits per heavy atom. The summed E-state index contributed by atoms with van der Waals surface area (Å²) in [4.78, 5) is 6.84. The van der Waals surface area contributed by atoms with Crippen LogP contribution in [0.5, 0.6) is 0 Å². The molecule has 5 heteroatoms. The molecule has 0 amide bonds. The predicted molar refractivity (Wildman–Crippen MR) is 68.5 cm³/mol. The van der Waals surface area contributed by atoms with Crippen LogP contribution in [0.3, 0.4) is 0 Å². The topological polar surface area (TPSA) is 28.2 Å². The molecule has 16 heavy (non-hydrogen) atoms. The van der Waals surface area contributed by atoms with E-state index in [-0.39, 0.29) is 0 Å². The summed E-state index contributed by atoms with van der Waals surface area (Å²) in [6, 6.07) is 1.35. The number of hydrogen-bond donors (Lipinski definition) is 1. The Hall–Kier alpha value is -0.320. The van der Waals surface area contributed by atoms with E-state index in [0.717, 1.165) is 11.7 Å². The third kappa shape index (κ3) is 2.34. The third-order valence-electron chi connectivity index (χ3n) is 3.28. The number of aromatic nitrogens is 1. The fraction of sp³-hybridized carbons (Fsp3) is 0.727. The van der Waals surface area contributed by atoms with E-state index in [1.165, 1.54) is 32.2 Å². The van der Waals surface area contributed by atoms with E-state index in [2.05, 4.69) is 15.2 Å². The van der Waals surface area contributed by atoms with E-state index in [1.54, 1.807) is 11.3 Å². The quantitative estimate of drug-likeness (QED) is 0.899. The smallest absolute Gasteiger partial charge is 0.187 e. The van der Waals surface area contributed by atoms with Gasteiger partial charge in [0.1, 0.15) is 5.15 Å². The highest BCUT2D eigenvalue weighted by Gasteiger charge is 2.32. The molecule has 3 rings (SSSR count). The molecule has 1 aliphatic carbocycles. The van der Waals surface area contributed by atoms with Crippen LogP contribution in [0.4, 0.5) is 5.13 Å². The number of halogens is 1. The van der Waals surface area contributed by atoms with Gasteiger partial charge in [-0.3, -0.25) is 0 Å². The molecule has 1 saturated carbocycles. The van der Waals surface area contributed by atoms with Crippen molar-refractivity contribution >= 4 is 28.1 Å². The first kappa shape index (κ1) is 10.8. The summed E-state index contributed by atoms with van der Waals surface area (Å²) in [5.74, 6) is 0. The van der Waals surface area contributed by atoms with Crippen LogP contribution in [-0.2, 0) is 0 Å². The Balaban J connectivity index is 1.70. The van der Waals surface area contributed by atoms with E-state index < -0.39 is 0 Å². The van der Waals surface area contributed by atoms with Crippen molar-refractivity contribution in [2.24, 2.45) is 0 Å². The van der Waals surface area contributed by atoms with Gasteiger partial charge in [-0.2, -0.15) is 0 Å². The zero-order chi connectivity index (χ0) is 11.0. The number of nitrogens with zero attached hydrogens (tertiary/aromatic N) is 2. The average molecular weight is 258 g/mol. The molecule has 3 nitrogen and oxygen atoms in total. The zero-order valence-corrected chi connectivity index (χ0v) is 10.7. The number of hydrogen-bond acceptors (Lipinski definition) is 4. The number of rotatable bonds is 4. The van der Waals surface area contributed by atoms with Gasteiger partial charge in [0.05, 0.1) is 0 Å². The lowest BCUT2D eigenvalue weighted by Gasteiger charge is -2.25. The molecular formula is C11H16ClN3S. The van der Waals surface area contributed by atoms with Crippen molar-refractivity contribution in [3.05, 3.63) is 10.5 Å². The second-order valence-corrected chi connectivity index (χ2v) is 5.85. The van der Waals surface area contributed by atoms with Crippen LogP contribution in [0, 0.1) is 0 Å². The van der Waals surface area contributed by atoms with Crippen LogP contribution < -0.4 is 10.2 Å². The van der Waals surface area contributed by atoms with Crippen molar-refractivity contribution in [1.29, 1.82) is 0 Å². The minimum Gasteiger partial charge on any atom is -0.344 e. The number of thiazole rings is 1. The van der Waals surface area contributed by atoms with Crippen LogP contribution >= 0.6 is 22.9 Å². The van der Waals surface area contributed by atoms with Crippen LogP contribution in [0.25, 0.3) is 0 Å². The van der Waals surface area contributed by atoms with Crippen molar-refractivity contribution in [1.82, 2.24) is 10.3 Å². The summed E-state index contributed by atoms with van der Waals surface area (Å²) in [7, 11) is 0. The molecule has 1 atom stereocenters. The van der Waals surface area contributed by atoms with Gasteiger partial charge in [0.15, 0.2) is 5.13 Å². The minimum atomic E-state index is 0.630. The van der Waals surface area contributed by atoms with Gasteiger partial charge in [-0.1, -0.05) is 11.6 Å². The lowest BCUT2D eigenvalue weighted by atomic mass is 10.2. The molecule has 0 radical (unpaired) electrons. The lowest BCUT2D eigenvalue weighted by Crippen LogP contribution is -2.38. The van der Waals surface area contributed by atoms with Crippen molar-refractivity contribution < 1.29 is 0 Å². The molecule has 2 heterocycles. The van der Waals surface area contributed by atoms with Gasteiger partial charge in [-0.25, -0.2) is 4.98 Å². The molecule has 88 valence electrons. The second-order valence-electron chi connectivity index (χ2n) is 4.63. The molecule has 1 aromatic rings. The highest BCUT2D eigenvalue weighted by atomic mass is 35.5. The Morgan fingerprint density at radius 1 is 1.50 bits per heavy atom. The van der Waals surface area contributed by atoms with Crippen molar-refractivity contribution in [3.8, 4) is 0 Å². The van der Waals surface area contributed by atoms with Crippen molar-refractivity contribution in [2.75, 3.05) is 18.0 Å². The fourth-order valence-corrected chi connectivity index (χ4v) is 3.33. The first-order chi connectivity index (χ1) is 7.83. The minimum absolute atomic E-state index is 0.630. The van der Waals surface area contributed by atoms with Crippen molar-refractivity contribution in [2.45, 2.75) is 37.8 Å². The maximum absolute atomic E-state index is 5.90. The normalized spacial score (nSPS) is 24.9. The molecule has 2 fully saturated rings. The van der Waals surface area contributed by atoms with Crippen LogP contribution in [-0.4, -0.2) is 30.2 Å². The molecule has 1 saturated heterocycles. The summed E-state index contributed by atoms with van der Waals surface area (Å²) in [5, 5.41) is 7.20. The van der Waals surface area contributed by atoms with Gasteiger partial charge in [0.25, 0.3) is 0 Å². The van der Waals surface area contributed by atoms with Gasteiger partial charge >= 0.3 is 0 Å². The van der Waals surface area contributed by atoms with E-state index in [9.17, 15) is 0 Å². The molecule has 1 N–H and O–H groups in total. The van der Waals surface area contributed by atoms with E-state index in [0.29, 0.717) is 17.2 Å². The Labute approximate surface area is 105 Å². The zero-order valence-electron chi connectivity index (χ0n) is 9.16. The van der Waals surface area contributed by atoms with Gasteiger partial charge in [-0.15, -0.1) is 11.3 Å². The van der Waals surface area contributed by atoms with Crippen LogP contribution in [0.15, 0.2) is 5.38 Å². The molecule has 0 spiro atoms. The monoisotopic (exact) mass is 257 g/mol. The SMILES string of the molecule is Clc1csc(N(CC2CCCN2)C2CC2)n1. The maximum Gasteiger partial charge on any atom is 0.187 e. The van der Waals surface area contributed by atoms with Gasteiger partial charge in [0.2, 0.25) is 0 Å². The first-order valence-corrected chi connectivity index (χ1v) is 7.20. The van der Waals surface area contributed by atoms with Crippen LogP contribution in [0.2, 0.25) is 5.15 Å². The highest BCUT2D eigenvalue weighted by Crippen LogP contribution is 2.34. The van der Waals surface area contributed by atoms with Crippen LogP contribution in [0.1, 0.15) is 25.7 Å². The Morgan fingerprint density at radius 3 is 2.94 bits per heavy atom. The molecule has 1 aliphatic heterocycles. The third-order valence-corrected chi connectivity index (χ3v) is 4.48. The summed E-state index contributed by atoms with van der Waals surface area (Å²) >= 11 is 7.57. The Bertz CT molecular complexity index is 358. The summed E-state index contributed by atoms with van der Waals surface area (Å²) in [5.41, 5.74) is 0. The number of anilines is 1. The summed E-state index contributed by atoms with van der Waals surface area (Å²) in [6.45, 7) is 2.26. The van der Waals surface area contributed by atoms with Gasteiger partial charge in [-0.05, 0) is 32.2 Å². The fourth-order valence-electron chi connectivity index (χ4n) is 2.30. The number of nitrogens with one attached hydrogen (secondary N) is 1. The second kappa shape index (κ2) is 4.51. The van der Waals surface area contributed by atoms with E-state index in [1.807, 2.05) is 5.38 Å². The van der Waals surface area contributed by atoms with Gasteiger partial charge in [0, 0.05) is 24.0 Å². The van der Waals surface area contributed by atoms with E-state index in [4.69, 9.17) is 11.6 Å². The van der Waals surface area contributed by atoms with Crippen molar-refractivity contribution in [3.63, 3.8) is 0 Å².